The first-order chi connectivity index (χ1) is 15.6. The Morgan fingerprint density at radius 1 is 1.03 bits per heavy atom. The number of hydrogen-bond donors (Lipinski definition) is 1. The summed E-state index contributed by atoms with van der Waals surface area (Å²) in [5.74, 6) is -0.569. The number of amides is 1. The van der Waals surface area contributed by atoms with Gasteiger partial charge < -0.3 is 5.32 Å². The third-order valence-corrected chi connectivity index (χ3v) is 7.32. The standard InChI is InChI=1S/C24H28N4O4S/c1-17-23(18(2)28(26-17)15-20-8-6-5-7-9-20)14-25-24(30)16-27(4)33(31,32)22-12-10-21(11-13-22)19(3)29/h5-13H,14-16H2,1-4H3,(H,25,30). The van der Waals surface area contributed by atoms with Crippen molar-refractivity contribution in [2.75, 3.05) is 13.6 Å². The molecule has 0 unspecified atom stereocenters. The van der Waals surface area contributed by atoms with Gasteiger partial charge in [0.25, 0.3) is 0 Å². The zero-order chi connectivity index (χ0) is 24.2. The van der Waals surface area contributed by atoms with Crippen molar-refractivity contribution in [3.63, 3.8) is 0 Å². The smallest absolute Gasteiger partial charge is 0.243 e. The Hall–Kier alpha value is -3.30. The van der Waals surface area contributed by atoms with Crippen molar-refractivity contribution in [1.82, 2.24) is 19.4 Å². The van der Waals surface area contributed by atoms with Gasteiger partial charge in [-0.05, 0) is 38.5 Å². The number of Topliss-reactive ketones (excluding diaryl/α,β-unsaturated/α-hetero) is 1. The largest absolute Gasteiger partial charge is 0.351 e. The van der Waals surface area contributed by atoms with Crippen LogP contribution in [0.1, 0.15) is 39.8 Å². The molecule has 3 rings (SSSR count). The Morgan fingerprint density at radius 3 is 2.27 bits per heavy atom. The quantitative estimate of drug-likeness (QED) is 0.487. The van der Waals surface area contributed by atoms with Crippen LogP contribution in [-0.4, -0.2) is 47.8 Å². The Bertz CT molecular complexity index is 1250. The van der Waals surface area contributed by atoms with Crippen molar-refractivity contribution in [3.8, 4) is 0 Å². The predicted molar refractivity (Wildman–Crippen MR) is 125 cm³/mol. The number of nitrogens with one attached hydrogen (secondary N) is 1. The number of aryl methyl sites for hydroxylation is 1. The van der Waals surface area contributed by atoms with E-state index >= 15 is 0 Å². The second-order valence-corrected chi connectivity index (χ2v) is 9.96. The maximum Gasteiger partial charge on any atom is 0.243 e. The summed E-state index contributed by atoms with van der Waals surface area (Å²) in [5, 5.41) is 7.37. The summed E-state index contributed by atoms with van der Waals surface area (Å²) in [6.07, 6.45) is 0. The number of hydrogen-bond acceptors (Lipinski definition) is 5. The van der Waals surface area contributed by atoms with Crippen molar-refractivity contribution in [2.45, 2.75) is 38.8 Å². The lowest BCUT2D eigenvalue weighted by molar-refractivity contribution is -0.121. The number of benzene rings is 2. The average molecular weight is 469 g/mol. The molecule has 0 saturated carbocycles. The molecule has 3 aromatic rings. The van der Waals surface area contributed by atoms with Crippen molar-refractivity contribution in [1.29, 1.82) is 0 Å². The highest BCUT2D eigenvalue weighted by molar-refractivity contribution is 7.89. The van der Waals surface area contributed by atoms with E-state index in [0.29, 0.717) is 12.1 Å². The van der Waals surface area contributed by atoms with Crippen LogP contribution in [-0.2, 0) is 27.9 Å². The highest BCUT2D eigenvalue weighted by Gasteiger charge is 2.23. The predicted octanol–water partition coefficient (Wildman–Crippen LogP) is 2.69. The van der Waals surface area contributed by atoms with E-state index in [1.165, 1.54) is 38.2 Å². The molecule has 0 spiro atoms. The van der Waals surface area contributed by atoms with E-state index in [0.717, 1.165) is 26.8 Å². The van der Waals surface area contributed by atoms with Gasteiger partial charge in [0.15, 0.2) is 5.78 Å². The summed E-state index contributed by atoms with van der Waals surface area (Å²) in [6.45, 7) is 5.81. The number of aromatic nitrogens is 2. The van der Waals surface area contributed by atoms with E-state index in [-0.39, 0.29) is 23.8 Å². The van der Waals surface area contributed by atoms with Crippen LogP contribution in [0.2, 0.25) is 0 Å². The monoisotopic (exact) mass is 468 g/mol. The van der Waals surface area contributed by atoms with Crippen LogP contribution in [0.25, 0.3) is 0 Å². The van der Waals surface area contributed by atoms with Gasteiger partial charge in [0.05, 0.1) is 23.7 Å². The van der Waals surface area contributed by atoms with Crippen LogP contribution >= 0.6 is 0 Å². The second kappa shape index (κ2) is 10.1. The minimum Gasteiger partial charge on any atom is -0.351 e. The minimum atomic E-state index is -3.86. The number of rotatable bonds is 9. The van der Waals surface area contributed by atoms with E-state index in [1.54, 1.807) is 0 Å². The summed E-state index contributed by atoms with van der Waals surface area (Å²) in [5.41, 5.74) is 4.22. The summed E-state index contributed by atoms with van der Waals surface area (Å²) < 4.78 is 28.4. The van der Waals surface area contributed by atoms with Crippen molar-refractivity contribution < 1.29 is 18.0 Å². The highest BCUT2D eigenvalue weighted by atomic mass is 32.2. The van der Waals surface area contributed by atoms with Gasteiger partial charge in [0, 0.05) is 30.4 Å². The van der Waals surface area contributed by atoms with Gasteiger partial charge in [0.1, 0.15) is 0 Å². The molecule has 1 aromatic heterocycles. The van der Waals surface area contributed by atoms with Gasteiger partial charge in [-0.1, -0.05) is 42.5 Å². The molecule has 1 heterocycles. The molecule has 174 valence electrons. The fourth-order valence-electron chi connectivity index (χ4n) is 3.47. The molecule has 0 aliphatic rings. The maximum atomic E-state index is 12.8. The Balaban J connectivity index is 1.62. The Morgan fingerprint density at radius 2 is 1.67 bits per heavy atom. The van der Waals surface area contributed by atoms with Crippen LogP contribution in [0.4, 0.5) is 0 Å². The molecule has 8 nitrogen and oxygen atoms in total. The summed E-state index contributed by atoms with van der Waals surface area (Å²) >= 11 is 0. The number of likely N-dealkylation sites (N-methyl/N-ethyl adjacent to an activating group) is 1. The molecule has 0 atom stereocenters. The van der Waals surface area contributed by atoms with Gasteiger partial charge >= 0.3 is 0 Å². The fraction of sp³-hybridized carbons (Fsp3) is 0.292. The molecule has 0 aliphatic carbocycles. The molecule has 0 radical (unpaired) electrons. The van der Waals surface area contributed by atoms with Crippen molar-refractivity contribution in [2.24, 2.45) is 0 Å². The molecule has 0 fully saturated rings. The first-order valence-electron chi connectivity index (χ1n) is 10.5. The average Bonchev–Trinajstić information content (AvgIpc) is 3.05. The van der Waals surface area contributed by atoms with Crippen LogP contribution in [0, 0.1) is 13.8 Å². The number of sulfonamides is 1. The van der Waals surface area contributed by atoms with Gasteiger partial charge in [0.2, 0.25) is 15.9 Å². The lowest BCUT2D eigenvalue weighted by atomic mass is 10.2. The van der Waals surface area contributed by atoms with Crippen LogP contribution in [0.15, 0.2) is 59.5 Å². The third kappa shape index (κ3) is 5.74. The lowest BCUT2D eigenvalue weighted by Crippen LogP contribution is -2.38. The molecule has 0 bridgehead atoms. The zero-order valence-corrected chi connectivity index (χ0v) is 20.0. The number of nitrogens with zero attached hydrogens (tertiary/aromatic N) is 3. The zero-order valence-electron chi connectivity index (χ0n) is 19.2. The Kier molecular flexibility index (Phi) is 7.45. The topological polar surface area (TPSA) is 101 Å². The van der Waals surface area contributed by atoms with E-state index < -0.39 is 15.9 Å². The van der Waals surface area contributed by atoms with Gasteiger partial charge in [-0.2, -0.15) is 9.40 Å². The van der Waals surface area contributed by atoms with Crippen molar-refractivity contribution in [3.05, 3.63) is 82.7 Å². The third-order valence-electron chi connectivity index (χ3n) is 5.50. The molecule has 1 amide bonds. The minimum absolute atomic E-state index is 0.0247. The second-order valence-electron chi connectivity index (χ2n) is 7.91. The summed E-state index contributed by atoms with van der Waals surface area (Å²) in [6, 6.07) is 15.6. The molecule has 2 aromatic carbocycles. The van der Waals surface area contributed by atoms with Gasteiger partial charge in [-0.15, -0.1) is 0 Å². The molecular weight excluding hydrogens is 440 g/mol. The van der Waals surface area contributed by atoms with Crippen molar-refractivity contribution >= 4 is 21.7 Å². The van der Waals surface area contributed by atoms with E-state index in [4.69, 9.17) is 0 Å². The number of ketones is 1. The van der Waals surface area contributed by atoms with E-state index in [1.807, 2.05) is 48.9 Å². The number of carbonyl (C=O) groups excluding carboxylic acids is 2. The van der Waals surface area contributed by atoms with E-state index in [2.05, 4.69) is 10.4 Å². The highest BCUT2D eigenvalue weighted by Crippen LogP contribution is 2.17. The molecule has 0 aliphatic heterocycles. The normalized spacial score (nSPS) is 11.5. The first-order valence-corrected chi connectivity index (χ1v) is 11.9. The van der Waals surface area contributed by atoms with E-state index in [9.17, 15) is 18.0 Å². The molecule has 0 saturated heterocycles. The van der Waals surface area contributed by atoms with Crippen LogP contribution in [0.5, 0.6) is 0 Å². The molecule has 1 N–H and O–H groups in total. The van der Waals surface area contributed by atoms with Crippen LogP contribution in [0.3, 0.4) is 0 Å². The SMILES string of the molecule is CC(=O)c1ccc(S(=O)(=O)N(C)CC(=O)NCc2c(C)nn(Cc3ccccc3)c2C)cc1. The Labute approximate surface area is 194 Å². The first kappa shape index (κ1) is 24.3. The van der Waals surface area contributed by atoms with Gasteiger partial charge in [-0.25, -0.2) is 8.42 Å². The summed E-state index contributed by atoms with van der Waals surface area (Å²) in [4.78, 5) is 23.9. The molecule has 9 heteroatoms. The lowest BCUT2D eigenvalue weighted by Gasteiger charge is -2.17. The fourth-order valence-corrected chi connectivity index (χ4v) is 4.60. The van der Waals surface area contributed by atoms with Gasteiger partial charge in [-0.3, -0.25) is 14.3 Å². The molecule has 33 heavy (non-hydrogen) atoms. The maximum absolute atomic E-state index is 12.8. The van der Waals surface area contributed by atoms with Crippen LogP contribution < -0.4 is 5.32 Å². The molecular formula is C24H28N4O4S. The number of carbonyl (C=O) groups is 2. The summed E-state index contributed by atoms with van der Waals surface area (Å²) in [7, 11) is -2.51.